The molecule has 7 heteroatoms. The number of ether oxygens (including phenoxy) is 3. The van der Waals surface area contributed by atoms with Crippen molar-refractivity contribution in [1.82, 2.24) is 14.7 Å². The Morgan fingerprint density at radius 1 is 1.40 bits per heavy atom. The molecular weight excluding hydrogens is 322 g/mol. The van der Waals surface area contributed by atoms with Crippen molar-refractivity contribution in [2.75, 3.05) is 13.8 Å². The fourth-order valence-electron chi connectivity index (χ4n) is 2.81. The zero-order valence-corrected chi connectivity index (χ0v) is 15.0. The Bertz CT molecular complexity index is 772. The van der Waals surface area contributed by atoms with Crippen LogP contribution in [0.5, 0.6) is 17.2 Å². The highest BCUT2D eigenvalue weighted by Crippen LogP contribution is 2.35. The average Bonchev–Trinajstić information content (AvgIpc) is 3.20. The molecule has 2 heterocycles. The molecule has 0 fully saturated rings. The van der Waals surface area contributed by atoms with Crippen LogP contribution >= 0.6 is 0 Å². The van der Waals surface area contributed by atoms with Crippen molar-refractivity contribution in [2.24, 2.45) is 0 Å². The fourth-order valence-corrected chi connectivity index (χ4v) is 2.81. The van der Waals surface area contributed by atoms with Gasteiger partial charge < -0.3 is 19.1 Å². The summed E-state index contributed by atoms with van der Waals surface area (Å²) >= 11 is 0. The summed E-state index contributed by atoms with van der Waals surface area (Å²) in [5.74, 6) is 1.80. The first-order chi connectivity index (χ1) is 12.0. The number of fused-ring (bicyclic) bond motifs is 1. The molecule has 0 aliphatic carbocycles. The molecule has 7 nitrogen and oxygen atoms in total. The first-order valence-corrected chi connectivity index (χ1v) is 8.32. The second-order valence-electron chi connectivity index (χ2n) is 6.04. The van der Waals surface area contributed by atoms with Crippen LogP contribution in [0.3, 0.4) is 0 Å². The largest absolute Gasteiger partial charge is 0.481 e. The number of hydrogen-bond donors (Lipinski definition) is 0. The number of carbonyl (C=O) groups excluding carboxylic acids is 1. The van der Waals surface area contributed by atoms with Gasteiger partial charge in [0.05, 0.1) is 6.20 Å². The van der Waals surface area contributed by atoms with E-state index in [2.05, 4.69) is 5.10 Å². The highest BCUT2D eigenvalue weighted by atomic mass is 16.7. The Labute approximate surface area is 147 Å². The van der Waals surface area contributed by atoms with E-state index in [0.29, 0.717) is 23.8 Å². The molecule has 0 spiro atoms. The summed E-state index contributed by atoms with van der Waals surface area (Å²) in [5, 5.41) is 4.31. The van der Waals surface area contributed by atoms with Crippen LogP contribution in [-0.2, 0) is 17.9 Å². The number of benzene rings is 1. The summed E-state index contributed by atoms with van der Waals surface area (Å²) < 4.78 is 18.3. The van der Waals surface area contributed by atoms with E-state index in [1.807, 2.05) is 24.7 Å². The van der Waals surface area contributed by atoms with Crippen molar-refractivity contribution < 1.29 is 19.0 Å². The monoisotopic (exact) mass is 345 g/mol. The topological polar surface area (TPSA) is 65.8 Å². The van der Waals surface area contributed by atoms with Gasteiger partial charge in [0.25, 0.3) is 5.91 Å². The van der Waals surface area contributed by atoms with Gasteiger partial charge in [0, 0.05) is 37.5 Å². The maximum Gasteiger partial charge on any atom is 0.263 e. The average molecular weight is 345 g/mol. The number of carbonyl (C=O) groups is 1. The molecule has 1 aromatic heterocycles. The molecule has 1 unspecified atom stereocenters. The van der Waals surface area contributed by atoms with E-state index < -0.39 is 6.10 Å². The zero-order chi connectivity index (χ0) is 18.0. The predicted molar refractivity (Wildman–Crippen MR) is 91.8 cm³/mol. The molecule has 0 saturated carbocycles. The summed E-state index contributed by atoms with van der Waals surface area (Å²) in [7, 11) is 1.77. The predicted octanol–water partition coefficient (Wildman–Crippen LogP) is 2.37. The minimum Gasteiger partial charge on any atom is -0.481 e. The van der Waals surface area contributed by atoms with Crippen LogP contribution in [0.4, 0.5) is 0 Å². The van der Waals surface area contributed by atoms with E-state index in [9.17, 15) is 4.79 Å². The Morgan fingerprint density at radius 3 is 2.88 bits per heavy atom. The summed E-state index contributed by atoms with van der Waals surface area (Å²) in [6.45, 7) is 7.32. The Hall–Kier alpha value is -2.70. The van der Waals surface area contributed by atoms with Crippen LogP contribution in [0, 0.1) is 6.92 Å². The van der Waals surface area contributed by atoms with Gasteiger partial charge in [-0.2, -0.15) is 5.10 Å². The van der Waals surface area contributed by atoms with Crippen molar-refractivity contribution in [3.63, 3.8) is 0 Å². The maximum absolute atomic E-state index is 12.6. The van der Waals surface area contributed by atoms with E-state index in [0.717, 1.165) is 17.8 Å². The Kier molecular flexibility index (Phi) is 4.83. The third-order valence-electron chi connectivity index (χ3n) is 4.29. The molecule has 0 N–H and O–H groups in total. The lowest BCUT2D eigenvalue weighted by molar-refractivity contribution is -0.137. The quantitative estimate of drug-likeness (QED) is 0.804. The molecule has 25 heavy (non-hydrogen) atoms. The number of nitrogens with zero attached hydrogens (tertiary/aromatic N) is 3. The third kappa shape index (κ3) is 3.55. The molecule has 0 bridgehead atoms. The molecule has 1 amide bonds. The second kappa shape index (κ2) is 7.04. The van der Waals surface area contributed by atoms with Gasteiger partial charge in [-0.3, -0.25) is 9.48 Å². The third-order valence-corrected chi connectivity index (χ3v) is 4.29. The van der Waals surface area contributed by atoms with Gasteiger partial charge in [0.15, 0.2) is 17.6 Å². The molecule has 0 saturated heterocycles. The van der Waals surface area contributed by atoms with E-state index in [1.54, 1.807) is 37.1 Å². The number of likely N-dealkylation sites (N-methyl/N-ethyl adjacent to an activating group) is 1. The first-order valence-electron chi connectivity index (χ1n) is 8.32. The number of aromatic nitrogens is 2. The lowest BCUT2D eigenvalue weighted by atomic mass is 10.2. The SMILES string of the molecule is CCn1ncc(CN(C)C(=O)C(C)Oc2ccc3c(c2)OCO3)c1C. The smallest absolute Gasteiger partial charge is 0.263 e. The normalized spacial score (nSPS) is 13.6. The number of aryl methyl sites for hydroxylation is 1. The molecule has 134 valence electrons. The summed E-state index contributed by atoms with van der Waals surface area (Å²) in [6.07, 6.45) is 1.21. The summed E-state index contributed by atoms with van der Waals surface area (Å²) in [6, 6.07) is 5.29. The van der Waals surface area contributed by atoms with Crippen molar-refractivity contribution in [3.05, 3.63) is 35.7 Å². The van der Waals surface area contributed by atoms with Gasteiger partial charge in [0.1, 0.15) is 5.75 Å². The molecule has 1 aromatic carbocycles. The van der Waals surface area contributed by atoms with Gasteiger partial charge in [-0.25, -0.2) is 0 Å². The number of rotatable bonds is 6. The number of hydrogen-bond acceptors (Lipinski definition) is 5. The Morgan fingerprint density at radius 2 is 2.16 bits per heavy atom. The summed E-state index contributed by atoms with van der Waals surface area (Å²) in [5.41, 5.74) is 2.11. The Balaban J connectivity index is 1.62. The molecule has 2 aromatic rings. The maximum atomic E-state index is 12.6. The second-order valence-corrected chi connectivity index (χ2v) is 6.04. The van der Waals surface area contributed by atoms with Crippen molar-refractivity contribution in [3.8, 4) is 17.2 Å². The van der Waals surface area contributed by atoms with E-state index in [-0.39, 0.29) is 12.7 Å². The highest BCUT2D eigenvalue weighted by Gasteiger charge is 2.22. The van der Waals surface area contributed by atoms with E-state index in [4.69, 9.17) is 14.2 Å². The van der Waals surface area contributed by atoms with Crippen molar-refractivity contribution in [1.29, 1.82) is 0 Å². The summed E-state index contributed by atoms with van der Waals surface area (Å²) in [4.78, 5) is 14.2. The van der Waals surface area contributed by atoms with Gasteiger partial charge in [-0.15, -0.1) is 0 Å². The standard InChI is InChI=1S/C18H23N3O4/c1-5-21-12(2)14(9-19-21)10-20(4)18(22)13(3)25-15-6-7-16-17(8-15)24-11-23-16/h6-9,13H,5,10-11H2,1-4H3. The fraction of sp³-hybridized carbons (Fsp3) is 0.444. The van der Waals surface area contributed by atoms with Crippen molar-refractivity contribution >= 4 is 5.91 Å². The van der Waals surface area contributed by atoms with Gasteiger partial charge in [-0.05, 0) is 32.9 Å². The van der Waals surface area contributed by atoms with Crippen molar-refractivity contribution in [2.45, 2.75) is 40.0 Å². The molecule has 3 rings (SSSR count). The van der Waals surface area contributed by atoms with E-state index >= 15 is 0 Å². The van der Waals surface area contributed by atoms with Crippen LogP contribution in [0.2, 0.25) is 0 Å². The van der Waals surface area contributed by atoms with Crippen LogP contribution in [0.25, 0.3) is 0 Å². The van der Waals surface area contributed by atoms with Gasteiger partial charge in [0.2, 0.25) is 6.79 Å². The minimum atomic E-state index is -0.605. The highest BCUT2D eigenvalue weighted by molar-refractivity contribution is 5.80. The first kappa shape index (κ1) is 17.1. The van der Waals surface area contributed by atoms with Gasteiger partial charge in [-0.1, -0.05) is 0 Å². The minimum absolute atomic E-state index is 0.0960. The molecular formula is C18H23N3O4. The van der Waals surface area contributed by atoms with Crippen LogP contribution in [-0.4, -0.2) is 40.5 Å². The van der Waals surface area contributed by atoms with Crippen LogP contribution in [0.1, 0.15) is 25.1 Å². The molecule has 1 aliphatic rings. The van der Waals surface area contributed by atoms with Crippen LogP contribution in [0.15, 0.2) is 24.4 Å². The van der Waals surface area contributed by atoms with Crippen LogP contribution < -0.4 is 14.2 Å². The lowest BCUT2D eigenvalue weighted by Crippen LogP contribution is -2.37. The zero-order valence-electron chi connectivity index (χ0n) is 15.0. The van der Waals surface area contributed by atoms with Gasteiger partial charge >= 0.3 is 0 Å². The molecule has 1 atom stereocenters. The lowest BCUT2D eigenvalue weighted by Gasteiger charge is -2.22. The van der Waals surface area contributed by atoms with E-state index in [1.165, 1.54) is 0 Å². The number of amides is 1. The molecule has 0 radical (unpaired) electrons. The molecule has 1 aliphatic heterocycles.